The molecule has 0 aromatic heterocycles. The Morgan fingerprint density at radius 3 is 2.41 bits per heavy atom. The molecule has 1 atom stereocenters. The standard InChI is InChI=1S/C11H18INO4/c1-8(14)5-3-2-4-6-13-11(17)9(12)7-10(15)16/h9H,2-7H2,1H3,(H,13,17)(H,15,16). The van der Waals surface area contributed by atoms with Crippen molar-refractivity contribution in [2.24, 2.45) is 0 Å². The van der Waals surface area contributed by atoms with Gasteiger partial charge in [0, 0.05) is 13.0 Å². The predicted molar refractivity (Wildman–Crippen MR) is 72.2 cm³/mol. The van der Waals surface area contributed by atoms with Crippen LogP contribution in [0, 0.1) is 0 Å². The molecule has 5 nitrogen and oxygen atoms in total. The van der Waals surface area contributed by atoms with Crippen LogP contribution in [0.25, 0.3) is 0 Å². The first-order valence-corrected chi connectivity index (χ1v) is 6.81. The van der Waals surface area contributed by atoms with Gasteiger partial charge in [-0.1, -0.05) is 29.0 Å². The SMILES string of the molecule is CC(=O)CCCCCNC(=O)C(I)CC(=O)O. The van der Waals surface area contributed by atoms with E-state index in [1.807, 2.05) is 22.6 Å². The van der Waals surface area contributed by atoms with Crippen molar-refractivity contribution in [3.05, 3.63) is 0 Å². The highest BCUT2D eigenvalue weighted by Crippen LogP contribution is 2.06. The van der Waals surface area contributed by atoms with Gasteiger partial charge in [-0.15, -0.1) is 0 Å². The van der Waals surface area contributed by atoms with E-state index in [9.17, 15) is 14.4 Å². The van der Waals surface area contributed by atoms with Crippen LogP contribution in [0.3, 0.4) is 0 Å². The van der Waals surface area contributed by atoms with Crippen molar-refractivity contribution >= 4 is 40.3 Å². The van der Waals surface area contributed by atoms with E-state index in [1.165, 1.54) is 0 Å². The molecule has 0 radical (unpaired) electrons. The second-order valence-electron chi connectivity index (χ2n) is 3.87. The maximum absolute atomic E-state index is 11.4. The van der Waals surface area contributed by atoms with Crippen LogP contribution in [0.1, 0.15) is 39.0 Å². The van der Waals surface area contributed by atoms with Crippen LogP contribution in [-0.2, 0) is 14.4 Å². The molecular weight excluding hydrogens is 337 g/mol. The first-order chi connectivity index (χ1) is 7.93. The zero-order valence-corrected chi connectivity index (χ0v) is 12.0. The molecule has 0 aliphatic carbocycles. The zero-order chi connectivity index (χ0) is 13.3. The monoisotopic (exact) mass is 355 g/mol. The van der Waals surface area contributed by atoms with Crippen LogP contribution in [-0.4, -0.2) is 33.2 Å². The molecule has 0 aliphatic rings. The summed E-state index contributed by atoms with van der Waals surface area (Å²) in [5.74, 6) is -1.02. The Balaban J connectivity index is 3.51. The third kappa shape index (κ3) is 10.2. The number of hydrogen-bond acceptors (Lipinski definition) is 3. The van der Waals surface area contributed by atoms with Gasteiger partial charge < -0.3 is 15.2 Å². The molecule has 0 saturated heterocycles. The average molecular weight is 355 g/mol. The van der Waals surface area contributed by atoms with Gasteiger partial charge >= 0.3 is 5.97 Å². The van der Waals surface area contributed by atoms with Crippen LogP contribution < -0.4 is 5.32 Å². The summed E-state index contributed by atoms with van der Waals surface area (Å²) >= 11 is 1.82. The Kier molecular flexibility index (Phi) is 9.01. The lowest BCUT2D eigenvalue weighted by atomic mass is 10.1. The zero-order valence-electron chi connectivity index (χ0n) is 9.87. The summed E-state index contributed by atoms with van der Waals surface area (Å²) in [5.41, 5.74) is 0. The molecule has 17 heavy (non-hydrogen) atoms. The number of hydrogen-bond donors (Lipinski definition) is 2. The largest absolute Gasteiger partial charge is 0.481 e. The van der Waals surface area contributed by atoms with Crippen LogP contribution in [0.15, 0.2) is 0 Å². The number of amides is 1. The number of carbonyl (C=O) groups is 3. The van der Waals surface area contributed by atoms with E-state index in [1.54, 1.807) is 6.92 Å². The molecule has 0 spiro atoms. The second-order valence-corrected chi connectivity index (χ2v) is 5.37. The van der Waals surface area contributed by atoms with Crippen LogP contribution in [0.4, 0.5) is 0 Å². The van der Waals surface area contributed by atoms with Crippen molar-refractivity contribution in [1.29, 1.82) is 0 Å². The molecule has 0 rings (SSSR count). The minimum absolute atomic E-state index is 0.156. The Hall–Kier alpha value is -0.660. The van der Waals surface area contributed by atoms with Crippen molar-refractivity contribution < 1.29 is 19.5 Å². The Bertz CT molecular complexity index is 281. The minimum Gasteiger partial charge on any atom is -0.481 e. The number of nitrogens with one attached hydrogen (secondary N) is 1. The predicted octanol–water partition coefficient (Wildman–Crippen LogP) is 1.53. The Labute approximate surface area is 114 Å². The third-order valence-corrected chi connectivity index (χ3v) is 3.15. The fourth-order valence-electron chi connectivity index (χ4n) is 1.24. The summed E-state index contributed by atoms with van der Waals surface area (Å²) in [7, 11) is 0. The number of Topliss-reactive ketones (excluding diaryl/α,β-unsaturated/α-hetero) is 1. The molecule has 0 saturated carbocycles. The molecular formula is C11H18INO4. The van der Waals surface area contributed by atoms with E-state index < -0.39 is 9.89 Å². The summed E-state index contributed by atoms with van der Waals surface area (Å²) in [6.45, 7) is 2.10. The third-order valence-electron chi connectivity index (χ3n) is 2.14. The molecule has 0 aliphatic heterocycles. The fraction of sp³-hybridized carbons (Fsp3) is 0.727. The molecule has 2 N–H and O–H groups in total. The quantitative estimate of drug-likeness (QED) is 0.373. The minimum atomic E-state index is -0.971. The highest BCUT2D eigenvalue weighted by molar-refractivity contribution is 14.1. The summed E-state index contributed by atoms with van der Waals surface area (Å²) in [5, 5.41) is 11.2. The van der Waals surface area contributed by atoms with Gasteiger partial charge in [0.1, 0.15) is 9.71 Å². The van der Waals surface area contributed by atoms with E-state index in [4.69, 9.17) is 5.11 Å². The summed E-state index contributed by atoms with van der Waals surface area (Å²) in [6, 6.07) is 0. The summed E-state index contributed by atoms with van der Waals surface area (Å²) in [4.78, 5) is 32.4. The van der Waals surface area contributed by atoms with Crippen molar-refractivity contribution in [2.75, 3.05) is 6.54 Å². The number of unbranched alkanes of at least 4 members (excludes halogenated alkanes) is 2. The van der Waals surface area contributed by atoms with Gasteiger partial charge in [-0.05, 0) is 19.8 Å². The van der Waals surface area contributed by atoms with E-state index in [0.29, 0.717) is 13.0 Å². The lowest BCUT2D eigenvalue weighted by molar-refractivity contribution is -0.138. The van der Waals surface area contributed by atoms with Crippen molar-refractivity contribution in [2.45, 2.75) is 43.0 Å². The first kappa shape index (κ1) is 16.3. The molecule has 0 aromatic carbocycles. The topological polar surface area (TPSA) is 83.5 Å². The van der Waals surface area contributed by atoms with Crippen LogP contribution >= 0.6 is 22.6 Å². The van der Waals surface area contributed by atoms with Gasteiger partial charge in [0.15, 0.2) is 0 Å². The summed E-state index contributed by atoms with van der Waals surface area (Å²) in [6.07, 6.45) is 2.98. The van der Waals surface area contributed by atoms with Crippen molar-refractivity contribution in [3.8, 4) is 0 Å². The smallest absolute Gasteiger partial charge is 0.304 e. The van der Waals surface area contributed by atoms with Gasteiger partial charge in [-0.3, -0.25) is 9.59 Å². The maximum atomic E-state index is 11.4. The Morgan fingerprint density at radius 2 is 1.88 bits per heavy atom. The fourth-order valence-corrected chi connectivity index (χ4v) is 1.84. The highest BCUT2D eigenvalue weighted by Gasteiger charge is 2.17. The maximum Gasteiger partial charge on any atom is 0.304 e. The van der Waals surface area contributed by atoms with Gasteiger partial charge in [0.25, 0.3) is 0 Å². The van der Waals surface area contributed by atoms with Gasteiger partial charge in [0.05, 0.1) is 6.42 Å². The Morgan fingerprint density at radius 1 is 1.24 bits per heavy atom. The van der Waals surface area contributed by atoms with Crippen molar-refractivity contribution in [3.63, 3.8) is 0 Å². The normalized spacial score (nSPS) is 11.9. The molecule has 98 valence electrons. The summed E-state index contributed by atoms with van der Waals surface area (Å²) < 4.78 is -0.526. The number of halogens is 1. The lowest BCUT2D eigenvalue weighted by Gasteiger charge is -2.08. The van der Waals surface area contributed by atoms with Gasteiger partial charge in [0.2, 0.25) is 5.91 Å². The molecule has 1 unspecified atom stereocenters. The number of carbonyl (C=O) groups excluding carboxylic acids is 2. The number of rotatable bonds is 9. The lowest BCUT2D eigenvalue weighted by Crippen LogP contribution is -2.33. The molecule has 0 bridgehead atoms. The van der Waals surface area contributed by atoms with Gasteiger partial charge in [-0.2, -0.15) is 0 Å². The highest BCUT2D eigenvalue weighted by atomic mass is 127. The molecule has 0 fully saturated rings. The van der Waals surface area contributed by atoms with Crippen LogP contribution in [0.5, 0.6) is 0 Å². The molecule has 0 heterocycles. The number of alkyl halides is 1. The molecule has 6 heteroatoms. The van der Waals surface area contributed by atoms with Crippen molar-refractivity contribution in [1.82, 2.24) is 5.32 Å². The number of ketones is 1. The average Bonchev–Trinajstić information content (AvgIpc) is 2.21. The van der Waals surface area contributed by atoms with Crippen LogP contribution in [0.2, 0.25) is 0 Å². The van der Waals surface area contributed by atoms with E-state index >= 15 is 0 Å². The number of carboxylic acids is 1. The second kappa shape index (κ2) is 9.38. The van der Waals surface area contributed by atoms with E-state index in [-0.39, 0.29) is 18.1 Å². The first-order valence-electron chi connectivity index (χ1n) is 5.56. The van der Waals surface area contributed by atoms with E-state index in [2.05, 4.69) is 5.32 Å². The van der Waals surface area contributed by atoms with E-state index in [0.717, 1.165) is 19.3 Å². The molecule has 1 amide bonds. The molecule has 0 aromatic rings. The number of aliphatic carboxylic acids is 1. The van der Waals surface area contributed by atoms with Gasteiger partial charge in [-0.25, -0.2) is 0 Å². The number of carboxylic acid groups (broad SMARTS) is 1.